The average Bonchev–Trinajstić information content (AvgIpc) is 2.58. The molecule has 3 nitrogen and oxygen atoms in total. The number of halogens is 1. The van der Waals surface area contributed by atoms with Gasteiger partial charge in [-0.15, -0.1) is 0 Å². The van der Waals surface area contributed by atoms with E-state index in [0.29, 0.717) is 10.6 Å². The second-order valence-electron chi connectivity index (χ2n) is 5.40. The predicted molar refractivity (Wildman–Crippen MR) is 92.9 cm³/mol. The highest BCUT2D eigenvalue weighted by molar-refractivity contribution is 6.30. The Kier molecular flexibility index (Phi) is 6.36. The zero-order valence-corrected chi connectivity index (χ0v) is 13.8. The Balaban J connectivity index is 1.99. The van der Waals surface area contributed by atoms with Crippen LogP contribution in [-0.2, 0) is 4.79 Å². The molecule has 0 spiro atoms. The van der Waals surface area contributed by atoms with Crippen LogP contribution in [0.2, 0.25) is 5.02 Å². The fourth-order valence-electron chi connectivity index (χ4n) is 2.45. The highest BCUT2D eigenvalue weighted by Gasteiger charge is 2.20. The van der Waals surface area contributed by atoms with Gasteiger partial charge in [-0.2, -0.15) is 0 Å². The van der Waals surface area contributed by atoms with Crippen LogP contribution < -0.4 is 5.32 Å². The van der Waals surface area contributed by atoms with Gasteiger partial charge in [0, 0.05) is 10.6 Å². The number of benzene rings is 2. The van der Waals surface area contributed by atoms with Gasteiger partial charge in [-0.1, -0.05) is 55.3 Å². The molecule has 4 heteroatoms. The van der Waals surface area contributed by atoms with Crippen LogP contribution in [0.4, 0.5) is 0 Å². The summed E-state index contributed by atoms with van der Waals surface area (Å²) in [5.41, 5.74) is 1.52. The van der Waals surface area contributed by atoms with Crippen LogP contribution >= 0.6 is 11.6 Å². The number of rotatable bonds is 7. The lowest BCUT2D eigenvalue weighted by Gasteiger charge is -2.16. The van der Waals surface area contributed by atoms with Gasteiger partial charge in [-0.05, 0) is 36.2 Å². The maximum absolute atomic E-state index is 12.4. The van der Waals surface area contributed by atoms with Gasteiger partial charge in [-0.3, -0.25) is 9.59 Å². The molecule has 0 radical (unpaired) electrons. The van der Waals surface area contributed by atoms with E-state index in [9.17, 15) is 9.59 Å². The molecule has 0 heterocycles. The van der Waals surface area contributed by atoms with Gasteiger partial charge >= 0.3 is 0 Å². The lowest BCUT2D eigenvalue weighted by Crippen LogP contribution is -2.33. The van der Waals surface area contributed by atoms with E-state index < -0.39 is 0 Å². The molecule has 0 aromatic heterocycles. The molecular weight excluding hydrogens is 310 g/mol. The molecule has 2 rings (SSSR count). The minimum absolute atomic E-state index is 0.00643. The maximum Gasteiger partial charge on any atom is 0.227 e. The van der Waals surface area contributed by atoms with E-state index >= 15 is 0 Å². The van der Waals surface area contributed by atoms with Crippen molar-refractivity contribution in [2.75, 3.05) is 6.54 Å². The van der Waals surface area contributed by atoms with Crippen molar-refractivity contribution in [1.82, 2.24) is 5.32 Å². The summed E-state index contributed by atoms with van der Waals surface area (Å²) >= 11 is 5.81. The number of carbonyl (C=O) groups excluding carboxylic acids is 2. The fraction of sp³-hybridized carbons (Fsp3) is 0.263. The molecule has 1 amide bonds. The third-order valence-electron chi connectivity index (χ3n) is 3.69. The Labute approximate surface area is 141 Å². The molecule has 1 atom stereocenters. The van der Waals surface area contributed by atoms with Crippen LogP contribution in [0.15, 0.2) is 54.6 Å². The van der Waals surface area contributed by atoms with E-state index in [0.717, 1.165) is 18.4 Å². The summed E-state index contributed by atoms with van der Waals surface area (Å²) in [4.78, 5) is 24.6. The summed E-state index contributed by atoms with van der Waals surface area (Å²) in [6, 6.07) is 16.3. The van der Waals surface area contributed by atoms with Crippen LogP contribution in [0.3, 0.4) is 0 Å². The Morgan fingerprint density at radius 2 is 1.70 bits per heavy atom. The van der Waals surface area contributed by atoms with Gasteiger partial charge < -0.3 is 5.32 Å². The minimum Gasteiger partial charge on any atom is -0.348 e. The first kappa shape index (κ1) is 17.2. The molecule has 2 aromatic carbocycles. The third kappa shape index (κ3) is 4.93. The van der Waals surface area contributed by atoms with Crippen molar-refractivity contribution in [3.05, 3.63) is 70.7 Å². The van der Waals surface area contributed by atoms with Crippen LogP contribution in [0.5, 0.6) is 0 Å². The number of ketones is 1. The van der Waals surface area contributed by atoms with Crippen LogP contribution in [0, 0.1) is 0 Å². The Morgan fingerprint density at radius 3 is 2.30 bits per heavy atom. The molecule has 23 heavy (non-hydrogen) atoms. The number of carbonyl (C=O) groups is 2. The third-order valence-corrected chi connectivity index (χ3v) is 3.94. The molecular formula is C19H20ClNO2. The normalized spacial score (nSPS) is 11.7. The van der Waals surface area contributed by atoms with E-state index in [1.807, 2.05) is 37.3 Å². The number of Topliss-reactive ketones (excluding diaryl/α,β-unsaturated/α-hetero) is 1. The molecule has 0 aliphatic rings. The van der Waals surface area contributed by atoms with Gasteiger partial charge in [0.25, 0.3) is 0 Å². The van der Waals surface area contributed by atoms with Crippen molar-refractivity contribution in [2.24, 2.45) is 0 Å². The van der Waals surface area contributed by atoms with Crippen molar-refractivity contribution < 1.29 is 9.59 Å². The van der Waals surface area contributed by atoms with Crippen molar-refractivity contribution in [2.45, 2.75) is 25.7 Å². The van der Waals surface area contributed by atoms with Crippen molar-refractivity contribution in [3.63, 3.8) is 0 Å². The average molecular weight is 330 g/mol. The van der Waals surface area contributed by atoms with Crippen molar-refractivity contribution >= 4 is 23.3 Å². The molecule has 0 fully saturated rings. The zero-order chi connectivity index (χ0) is 16.7. The molecule has 1 N–H and O–H groups in total. The first-order valence-electron chi connectivity index (χ1n) is 7.73. The van der Waals surface area contributed by atoms with Gasteiger partial charge in [0.1, 0.15) is 0 Å². The molecule has 0 aliphatic heterocycles. The molecule has 0 saturated carbocycles. The largest absolute Gasteiger partial charge is 0.348 e. The molecule has 0 saturated heterocycles. The summed E-state index contributed by atoms with van der Waals surface area (Å²) in [6.45, 7) is 2.04. The monoisotopic (exact) mass is 329 g/mol. The van der Waals surface area contributed by atoms with Crippen molar-refractivity contribution in [3.8, 4) is 0 Å². The van der Waals surface area contributed by atoms with E-state index in [1.54, 1.807) is 24.3 Å². The lowest BCUT2D eigenvalue weighted by atomic mass is 9.93. The topological polar surface area (TPSA) is 46.2 Å². The zero-order valence-electron chi connectivity index (χ0n) is 13.1. The molecule has 0 bridgehead atoms. The number of hydrogen-bond donors (Lipinski definition) is 1. The van der Waals surface area contributed by atoms with Gasteiger partial charge in [0.15, 0.2) is 5.78 Å². The number of nitrogens with one attached hydrogen (secondary N) is 1. The first-order valence-corrected chi connectivity index (χ1v) is 8.11. The summed E-state index contributed by atoms with van der Waals surface area (Å²) in [6.07, 6.45) is 1.66. The SMILES string of the molecule is CCCC(C(=O)NCC(=O)c1ccc(Cl)cc1)c1ccccc1. The summed E-state index contributed by atoms with van der Waals surface area (Å²) < 4.78 is 0. The van der Waals surface area contributed by atoms with E-state index in [-0.39, 0.29) is 24.2 Å². The quantitative estimate of drug-likeness (QED) is 0.773. The van der Waals surface area contributed by atoms with Gasteiger partial charge in [0.05, 0.1) is 12.5 Å². The second kappa shape index (κ2) is 8.49. The lowest BCUT2D eigenvalue weighted by molar-refractivity contribution is -0.122. The van der Waals surface area contributed by atoms with Crippen molar-refractivity contribution in [1.29, 1.82) is 0 Å². The second-order valence-corrected chi connectivity index (χ2v) is 5.84. The molecule has 0 aliphatic carbocycles. The first-order chi connectivity index (χ1) is 11.1. The predicted octanol–water partition coefficient (Wildman–Crippen LogP) is 4.22. The smallest absolute Gasteiger partial charge is 0.227 e. The summed E-state index contributed by atoms with van der Waals surface area (Å²) in [5, 5.41) is 3.34. The Hall–Kier alpha value is -2.13. The number of amides is 1. The molecule has 1 unspecified atom stereocenters. The maximum atomic E-state index is 12.4. The van der Waals surface area contributed by atoms with E-state index in [1.165, 1.54) is 0 Å². The molecule has 2 aromatic rings. The van der Waals surface area contributed by atoms with E-state index in [4.69, 9.17) is 11.6 Å². The summed E-state index contributed by atoms with van der Waals surface area (Å²) in [5.74, 6) is -0.460. The highest BCUT2D eigenvalue weighted by atomic mass is 35.5. The van der Waals surface area contributed by atoms with E-state index in [2.05, 4.69) is 5.32 Å². The molecule has 120 valence electrons. The highest BCUT2D eigenvalue weighted by Crippen LogP contribution is 2.21. The minimum atomic E-state index is -0.223. The Morgan fingerprint density at radius 1 is 1.04 bits per heavy atom. The van der Waals surface area contributed by atoms with Gasteiger partial charge in [0.2, 0.25) is 5.91 Å². The van der Waals surface area contributed by atoms with Crippen LogP contribution in [0.25, 0.3) is 0 Å². The van der Waals surface area contributed by atoms with Gasteiger partial charge in [-0.25, -0.2) is 0 Å². The fourth-order valence-corrected chi connectivity index (χ4v) is 2.58. The number of hydrogen-bond acceptors (Lipinski definition) is 2. The van der Waals surface area contributed by atoms with Crippen LogP contribution in [-0.4, -0.2) is 18.2 Å². The standard InChI is InChI=1S/C19H20ClNO2/c1-2-6-17(14-7-4-3-5-8-14)19(23)21-13-18(22)15-9-11-16(20)12-10-15/h3-5,7-12,17H,2,6,13H2,1H3,(H,21,23). The Bertz CT molecular complexity index is 653. The summed E-state index contributed by atoms with van der Waals surface area (Å²) in [7, 11) is 0. The van der Waals surface area contributed by atoms with Crippen LogP contribution in [0.1, 0.15) is 41.6 Å².